The van der Waals surface area contributed by atoms with Crippen LogP contribution in [0.15, 0.2) is 12.2 Å². The Kier molecular flexibility index (Phi) is 6.83. The van der Waals surface area contributed by atoms with E-state index in [4.69, 9.17) is 0 Å². The molecule has 0 aromatic rings. The van der Waals surface area contributed by atoms with Gasteiger partial charge in [-0.15, -0.1) is 0 Å². The monoisotopic (exact) mass is 238 g/mol. The van der Waals surface area contributed by atoms with E-state index in [1.165, 1.54) is 44.2 Å². The van der Waals surface area contributed by atoms with Crippen LogP contribution in [0.2, 0.25) is 0 Å². The van der Waals surface area contributed by atoms with Crippen LogP contribution in [-0.4, -0.2) is 36.6 Å². The molecule has 1 atom stereocenters. The summed E-state index contributed by atoms with van der Waals surface area (Å²) in [4.78, 5) is 2.58. The molecule has 0 heterocycles. The van der Waals surface area contributed by atoms with E-state index in [-0.39, 0.29) is 0 Å². The molecular formula is C15H30N2. The standard InChI is InChI=1S/C15H30N2/c1-5-7-10-17(14(4)6-2)12-13(3)11-16-15-8-9-15/h14-16H,3,5-12H2,1-2,4H3. The summed E-state index contributed by atoms with van der Waals surface area (Å²) in [5, 5.41) is 3.55. The van der Waals surface area contributed by atoms with Gasteiger partial charge in [0.1, 0.15) is 0 Å². The van der Waals surface area contributed by atoms with E-state index < -0.39 is 0 Å². The summed E-state index contributed by atoms with van der Waals surface area (Å²) in [6.45, 7) is 14.4. The summed E-state index contributed by atoms with van der Waals surface area (Å²) in [7, 11) is 0. The van der Waals surface area contributed by atoms with Gasteiger partial charge >= 0.3 is 0 Å². The third-order valence-corrected chi connectivity index (χ3v) is 3.66. The van der Waals surface area contributed by atoms with Gasteiger partial charge < -0.3 is 5.32 Å². The number of nitrogens with one attached hydrogen (secondary N) is 1. The van der Waals surface area contributed by atoms with Crippen LogP contribution >= 0.6 is 0 Å². The molecule has 0 aromatic heterocycles. The molecule has 0 aliphatic heterocycles. The molecule has 1 N–H and O–H groups in total. The molecular weight excluding hydrogens is 208 g/mol. The molecule has 1 saturated carbocycles. The van der Waals surface area contributed by atoms with E-state index in [9.17, 15) is 0 Å². The van der Waals surface area contributed by atoms with Gasteiger partial charge in [-0.25, -0.2) is 0 Å². The zero-order valence-corrected chi connectivity index (χ0v) is 12.0. The first-order valence-corrected chi connectivity index (χ1v) is 7.31. The van der Waals surface area contributed by atoms with Gasteiger partial charge in [0.15, 0.2) is 0 Å². The Morgan fingerprint density at radius 1 is 1.41 bits per heavy atom. The molecule has 0 amide bonds. The highest BCUT2D eigenvalue weighted by molar-refractivity contribution is 5.02. The quantitative estimate of drug-likeness (QED) is 0.588. The topological polar surface area (TPSA) is 15.3 Å². The van der Waals surface area contributed by atoms with Crippen LogP contribution in [0.1, 0.15) is 52.9 Å². The molecule has 0 spiro atoms. The maximum atomic E-state index is 4.21. The van der Waals surface area contributed by atoms with Crippen LogP contribution in [0.4, 0.5) is 0 Å². The van der Waals surface area contributed by atoms with Gasteiger partial charge in [-0.2, -0.15) is 0 Å². The Bertz CT molecular complexity index is 221. The average Bonchev–Trinajstić information content (AvgIpc) is 3.14. The fourth-order valence-electron chi connectivity index (χ4n) is 1.99. The van der Waals surface area contributed by atoms with E-state index in [0.717, 1.165) is 19.1 Å². The predicted octanol–water partition coefficient (Wildman–Crippen LogP) is 3.20. The van der Waals surface area contributed by atoms with Crippen molar-refractivity contribution in [2.75, 3.05) is 19.6 Å². The maximum absolute atomic E-state index is 4.21. The normalized spacial score (nSPS) is 17.4. The van der Waals surface area contributed by atoms with E-state index in [1.54, 1.807) is 0 Å². The summed E-state index contributed by atoms with van der Waals surface area (Å²) in [5.41, 5.74) is 1.34. The minimum absolute atomic E-state index is 0.680. The maximum Gasteiger partial charge on any atom is 0.0205 e. The Morgan fingerprint density at radius 3 is 2.65 bits per heavy atom. The molecule has 100 valence electrons. The smallest absolute Gasteiger partial charge is 0.0205 e. The summed E-state index contributed by atoms with van der Waals surface area (Å²) in [6.07, 6.45) is 6.52. The number of nitrogens with zero attached hydrogens (tertiary/aromatic N) is 1. The van der Waals surface area contributed by atoms with Gasteiger partial charge in [0.25, 0.3) is 0 Å². The fraction of sp³-hybridized carbons (Fsp3) is 0.867. The molecule has 1 aliphatic carbocycles. The van der Waals surface area contributed by atoms with Crippen LogP contribution in [0.5, 0.6) is 0 Å². The second-order valence-electron chi connectivity index (χ2n) is 5.49. The third-order valence-electron chi connectivity index (χ3n) is 3.66. The van der Waals surface area contributed by atoms with Crippen molar-refractivity contribution in [1.29, 1.82) is 0 Å². The molecule has 2 heteroatoms. The van der Waals surface area contributed by atoms with Crippen molar-refractivity contribution in [3.05, 3.63) is 12.2 Å². The molecule has 1 rings (SSSR count). The summed E-state index contributed by atoms with van der Waals surface area (Å²) < 4.78 is 0. The number of unbranched alkanes of at least 4 members (excludes halogenated alkanes) is 1. The van der Waals surface area contributed by atoms with Crippen molar-refractivity contribution >= 4 is 0 Å². The molecule has 17 heavy (non-hydrogen) atoms. The second-order valence-corrected chi connectivity index (χ2v) is 5.49. The Labute approximate surface area is 107 Å². The van der Waals surface area contributed by atoms with Gasteiger partial charge in [-0.05, 0) is 44.7 Å². The first-order chi connectivity index (χ1) is 8.17. The SMILES string of the molecule is C=C(CNC1CC1)CN(CCCC)C(C)CC. The summed E-state index contributed by atoms with van der Waals surface area (Å²) in [5.74, 6) is 0. The number of hydrogen-bond donors (Lipinski definition) is 1. The molecule has 0 saturated heterocycles. The molecule has 2 nitrogen and oxygen atoms in total. The molecule has 1 fully saturated rings. The van der Waals surface area contributed by atoms with Crippen molar-refractivity contribution in [1.82, 2.24) is 10.2 Å². The van der Waals surface area contributed by atoms with Crippen molar-refractivity contribution < 1.29 is 0 Å². The summed E-state index contributed by atoms with van der Waals surface area (Å²) >= 11 is 0. The molecule has 1 unspecified atom stereocenters. The van der Waals surface area contributed by atoms with Crippen LogP contribution in [0, 0.1) is 0 Å². The predicted molar refractivity (Wildman–Crippen MR) is 76.4 cm³/mol. The van der Waals surface area contributed by atoms with Crippen molar-refractivity contribution in [2.45, 2.75) is 65.0 Å². The lowest BCUT2D eigenvalue weighted by Crippen LogP contribution is -2.36. The van der Waals surface area contributed by atoms with Crippen LogP contribution in [0.25, 0.3) is 0 Å². The summed E-state index contributed by atoms with van der Waals surface area (Å²) in [6, 6.07) is 1.47. The highest BCUT2D eigenvalue weighted by Gasteiger charge is 2.20. The first kappa shape index (κ1) is 14.7. The van der Waals surface area contributed by atoms with E-state index in [1.807, 2.05) is 0 Å². The van der Waals surface area contributed by atoms with Gasteiger partial charge in [-0.1, -0.05) is 26.8 Å². The van der Waals surface area contributed by atoms with Gasteiger partial charge in [-0.3, -0.25) is 4.90 Å². The fourth-order valence-corrected chi connectivity index (χ4v) is 1.99. The van der Waals surface area contributed by atoms with E-state index in [0.29, 0.717) is 6.04 Å². The van der Waals surface area contributed by atoms with Crippen LogP contribution in [0.3, 0.4) is 0 Å². The van der Waals surface area contributed by atoms with Gasteiger partial charge in [0.2, 0.25) is 0 Å². The van der Waals surface area contributed by atoms with Crippen molar-refractivity contribution in [3.8, 4) is 0 Å². The highest BCUT2D eigenvalue weighted by atomic mass is 15.1. The van der Waals surface area contributed by atoms with E-state index >= 15 is 0 Å². The lowest BCUT2D eigenvalue weighted by atomic mass is 10.1. The average molecular weight is 238 g/mol. The zero-order valence-electron chi connectivity index (χ0n) is 12.0. The molecule has 0 radical (unpaired) electrons. The van der Waals surface area contributed by atoms with Gasteiger partial charge in [0, 0.05) is 25.2 Å². The Hall–Kier alpha value is -0.340. The minimum atomic E-state index is 0.680. The molecule has 1 aliphatic rings. The molecule has 0 bridgehead atoms. The van der Waals surface area contributed by atoms with Crippen LogP contribution < -0.4 is 5.32 Å². The van der Waals surface area contributed by atoms with Crippen molar-refractivity contribution in [3.63, 3.8) is 0 Å². The largest absolute Gasteiger partial charge is 0.310 e. The van der Waals surface area contributed by atoms with E-state index in [2.05, 4.69) is 37.6 Å². The lowest BCUT2D eigenvalue weighted by Gasteiger charge is -2.29. The number of rotatable bonds is 10. The Balaban J connectivity index is 2.26. The highest BCUT2D eigenvalue weighted by Crippen LogP contribution is 2.18. The minimum Gasteiger partial charge on any atom is -0.310 e. The first-order valence-electron chi connectivity index (χ1n) is 7.31. The van der Waals surface area contributed by atoms with Gasteiger partial charge in [0.05, 0.1) is 0 Å². The second kappa shape index (κ2) is 7.88. The zero-order chi connectivity index (χ0) is 12.7. The molecule has 0 aromatic carbocycles. The number of hydrogen-bond acceptors (Lipinski definition) is 2. The lowest BCUT2D eigenvalue weighted by molar-refractivity contribution is 0.217. The van der Waals surface area contributed by atoms with Crippen LogP contribution in [-0.2, 0) is 0 Å². The third kappa shape index (κ3) is 6.23. The Morgan fingerprint density at radius 2 is 2.12 bits per heavy atom. The van der Waals surface area contributed by atoms with Crippen molar-refractivity contribution in [2.24, 2.45) is 0 Å².